The summed E-state index contributed by atoms with van der Waals surface area (Å²) < 4.78 is 5.47. The van der Waals surface area contributed by atoms with E-state index in [1.807, 2.05) is 0 Å². The minimum Gasteiger partial charge on any atom is -0.379 e. The van der Waals surface area contributed by atoms with Crippen molar-refractivity contribution in [1.29, 1.82) is 0 Å². The number of hydrogen-bond acceptors (Lipinski definition) is 3. The van der Waals surface area contributed by atoms with Crippen LogP contribution >= 0.6 is 0 Å². The van der Waals surface area contributed by atoms with Crippen LogP contribution in [0.25, 0.3) is 0 Å². The second-order valence-corrected chi connectivity index (χ2v) is 11.4. The van der Waals surface area contributed by atoms with E-state index in [0.717, 1.165) is 61.8 Å². The summed E-state index contributed by atoms with van der Waals surface area (Å²) in [5.74, 6) is 6.60. The van der Waals surface area contributed by atoms with Crippen LogP contribution in [0.1, 0.15) is 71.6 Å². The summed E-state index contributed by atoms with van der Waals surface area (Å²) in [7, 11) is 0. The number of ketones is 1. The highest BCUT2D eigenvalue weighted by Crippen LogP contribution is 2.64. The Balaban J connectivity index is 1.28. The van der Waals surface area contributed by atoms with Crippen LogP contribution in [-0.4, -0.2) is 43.5 Å². The van der Waals surface area contributed by atoms with Gasteiger partial charge in [-0.15, -0.1) is 0 Å². The predicted molar refractivity (Wildman–Crippen MR) is 112 cm³/mol. The maximum Gasteiger partial charge on any atom is 0.150 e. The third kappa shape index (κ3) is 3.29. The maximum absolute atomic E-state index is 13.3. The van der Waals surface area contributed by atoms with Crippen molar-refractivity contribution in [1.82, 2.24) is 4.90 Å². The Labute approximate surface area is 172 Å². The molecule has 5 rings (SSSR count). The molecule has 0 bridgehead atoms. The van der Waals surface area contributed by atoms with Crippen LogP contribution in [0.15, 0.2) is 0 Å². The Morgan fingerprint density at radius 1 is 0.964 bits per heavy atom. The molecule has 8 atom stereocenters. The van der Waals surface area contributed by atoms with Crippen LogP contribution in [-0.2, 0) is 9.53 Å². The molecule has 0 aromatic carbocycles. The first-order chi connectivity index (χ1) is 13.6. The SMILES string of the molecule is CC1CCC2C(CCC3C2CCC2(C)C(C(=O)CN4CCOCC4)CCC32)C1. The number of Topliss-reactive ketones (excluding diaryl/α,β-unsaturated/α-hetero) is 1. The number of ether oxygens (including phenoxy) is 1. The van der Waals surface area contributed by atoms with E-state index >= 15 is 0 Å². The zero-order valence-corrected chi connectivity index (χ0v) is 18.2. The molecule has 158 valence electrons. The summed E-state index contributed by atoms with van der Waals surface area (Å²) in [5, 5.41) is 0. The van der Waals surface area contributed by atoms with Gasteiger partial charge in [0.25, 0.3) is 0 Å². The highest BCUT2D eigenvalue weighted by atomic mass is 16.5. The molecule has 4 saturated carbocycles. The van der Waals surface area contributed by atoms with Gasteiger partial charge >= 0.3 is 0 Å². The lowest BCUT2D eigenvalue weighted by molar-refractivity contribution is -0.132. The largest absolute Gasteiger partial charge is 0.379 e. The molecule has 8 unspecified atom stereocenters. The molecule has 1 aliphatic heterocycles. The molecule has 28 heavy (non-hydrogen) atoms. The predicted octanol–water partition coefficient (Wildman–Crippen LogP) is 4.79. The first-order valence-corrected chi connectivity index (χ1v) is 12.4. The highest BCUT2D eigenvalue weighted by molar-refractivity contribution is 5.84. The Morgan fingerprint density at radius 2 is 1.75 bits per heavy atom. The van der Waals surface area contributed by atoms with E-state index in [9.17, 15) is 4.79 Å². The lowest BCUT2D eigenvalue weighted by Gasteiger charge is -2.56. The quantitative estimate of drug-likeness (QED) is 0.697. The topological polar surface area (TPSA) is 29.5 Å². The van der Waals surface area contributed by atoms with Gasteiger partial charge in [0.1, 0.15) is 5.78 Å². The van der Waals surface area contributed by atoms with Crippen molar-refractivity contribution < 1.29 is 9.53 Å². The van der Waals surface area contributed by atoms with Crippen molar-refractivity contribution in [3.63, 3.8) is 0 Å². The fraction of sp³-hybridized carbons (Fsp3) is 0.960. The van der Waals surface area contributed by atoms with Crippen LogP contribution in [0, 0.1) is 46.8 Å². The Morgan fingerprint density at radius 3 is 2.57 bits per heavy atom. The van der Waals surface area contributed by atoms with Gasteiger partial charge in [0.2, 0.25) is 0 Å². The van der Waals surface area contributed by atoms with Crippen molar-refractivity contribution in [3.05, 3.63) is 0 Å². The van der Waals surface area contributed by atoms with Crippen molar-refractivity contribution >= 4 is 5.78 Å². The van der Waals surface area contributed by atoms with Gasteiger partial charge in [-0.05, 0) is 92.3 Å². The van der Waals surface area contributed by atoms with E-state index < -0.39 is 0 Å². The van der Waals surface area contributed by atoms with Gasteiger partial charge in [0.15, 0.2) is 0 Å². The first kappa shape index (κ1) is 19.5. The molecule has 0 amide bonds. The van der Waals surface area contributed by atoms with Crippen molar-refractivity contribution in [2.45, 2.75) is 71.6 Å². The summed E-state index contributed by atoms with van der Waals surface area (Å²) in [6.07, 6.45) is 12.6. The van der Waals surface area contributed by atoms with Gasteiger partial charge in [-0.25, -0.2) is 0 Å². The summed E-state index contributed by atoms with van der Waals surface area (Å²) in [6.45, 7) is 9.12. The number of nitrogens with zero attached hydrogens (tertiary/aromatic N) is 1. The van der Waals surface area contributed by atoms with Crippen molar-refractivity contribution in [2.24, 2.45) is 46.8 Å². The number of carbonyl (C=O) groups is 1. The molecule has 3 heteroatoms. The molecule has 1 saturated heterocycles. The Hall–Kier alpha value is -0.410. The third-order valence-electron chi connectivity index (χ3n) is 10.1. The summed E-state index contributed by atoms with van der Waals surface area (Å²) in [5.41, 5.74) is 0.291. The van der Waals surface area contributed by atoms with E-state index in [1.165, 1.54) is 57.8 Å². The molecule has 0 spiro atoms. The second-order valence-electron chi connectivity index (χ2n) is 11.4. The third-order valence-corrected chi connectivity index (χ3v) is 10.1. The van der Waals surface area contributed by atoms with E-state index in [1.54, 1.807) is 0 Å². The zero-order chi connectivity index (χ0) is 19.3. The van der Waals surface area contributed by atoms with E-state index in [0.29, 0.717) is 23.7 Å². The number of fused-ring (bicyclic) bond motifs is 5. The molecule has 5 aliphatic rings. The maximum atomic E-state index is 13.3. The van der Waals surface area contributed by atoms with E-state index in [2.05, 4.69) is 18.7 Å². The fourth-order valence-corrected chi connectivity index (χ4v) is 8.71. The van der Waals surface area contributed by atoms with Crippen LogP contribution in [0.3, 0.4) is 0 Å². The minimum atomic E-state index is 0.291. The normalized spacial score (nSPS) is 49.1. The average molecular weight is 388 g/mol. The van der Waals surface area contributed by atoms with Gasteiger partial charge in [-0.2, -0.15) is 0 Å². The molecular formula is C25H41NO2. The fourth-order valence-electron chi connectivity index (χ4n) is 8.71. The van der Waals surface area contributed by atoms with Crippen LogP contribution in [0.4, 0.5) is 0 Å². The van der Waals surface area contributed by atoms with Crippen molar-refractivity contribution in [3.8, 4) is 0 Å². The van der Waals surface area contributed by atoms with Gasteiger partial charge in [0, 0.05) is 19.0 Å². The molecule has 3 nitrogen and oxygen atoms in total. The standard InChI is InChI=1S/C25H41NO2/c1-17-3-5-19-18(15-17)4-6-21-20(19)9-10-25(2)22(21)7-8-23(25)24(27)16-26-11-13-28-14-12-26/h17-23H,3-16H2,1-2H3. The van der Waals surface area contributed by atoms with Crippen LogP contribution in [0.5, 0.6) is 0 Å². The molecule has 1 heterocycles. The lowest BCUT2D eigenvalue weighted by Crippen LogP contribution is -2.50. The number of hydrogen-bond donors (Lipinski definition) is 0. The summed E-state index contributed by atoms with van der Waals surface area (Å²) >= 11 is 0. The monoisotopic (exact) mass is 387 g/mol. The minimum absolute atomic E-state index is 0.291. The van der Waals surface area contributed by atoms with Gasteiger partial charge < -0.3 is 4.74 Å². The second kappa shape index (κ2) is 7.69. The summed E-state index contributed by atoms with van der Waals surface area (Å²) in [4.78, 5) is 15.7. The Kier molecular flexibility index (Phi) is 5.37. The molecular weight excluding hydrogens is 346 g/mol. The van der Waals surface area contributed by atoms with Crippen LogP contribution in [0.2, 0.25) is 0 Å². The Bertz CT molecular complexity index is 585. The molecule has 0 aromatic rings. The molecule has 0 N–H and O–H groups in total. The smallest absolute Gasteiger partial charge is 0.150 e. The van der Waals surface area contributed by atoms with E-state index in [4.69, 9.17) is 4.74 Å². The van der Waals surface area contributed by atoms with Gasteiger partial charge in [-0.3, -0.25) is 9.69 Å². The zero-order valence-electron chi connectivity index (χ0n) is 18.2. The lowest BCUT2D eigenvalue weighted by atomic mass is 9.49. The number of morpholine rings is 1. The van der Waals surface area contributed by atoms with Crippen LogP contribution < -0.4 is 0 Å². The molecule has 5 fully saturated rings. The number of carbonyl (C=O) groups excluding carboxylic acids is 1. The average Bonchev–Trinajstić information content (AvgIpc) is 3.05. The summed E-state index contributed by atoms with van der Waals surface area (Å²) in [6, 6.07) is 0. The van der Waals surface area contributed by atoms with Crippen molar-refractivity contribution in [2.75, 3.05) is 32.8 Å². The molecule has 0 aromatic heterocycles. The van der Waals surface area contributed by atoms with E-state index in [-0.39, 0.29) is 0 Å². The van der Waals surface area contributed by atoms with Gasteiger partial charge in [0.05, 0.1) is 19.8 Å². The van der Waals surface area contributed by atoms with Gasteiger partial charge in [-0.1, -0.05) is 20.3 Å². The first-order valence-electron chi connectivity index (χ1n) is 12.4. The molecule has 0 radical (unpaired) electrons. The number of rotatable bonds is 3. The molecule has 4 aliphatic carbocycles. The highest BCUT2D eigenvalue weighted by Gasteiger charge is 2.58.